The highest BCUT2D eigenvalue weighted by Gasteiger charge is 2.09. The molecule has 23 heavy (non-hydrogen) atoms. The highest BCUT2D eigenvalue weighted by Crippen LogP contribution is 2.22. The Morgan fingerprint density at radius 2 is 2.00 bits per heavy atom. The van der Waals surface area contributed by atoms with Crippen LogP contribution >= 0.6 is 0 Å². The Bertz CT molecular complexity index is 838. The molecule has 0 radical (unpaired) electrons. The number of benzene rings is 2. The number of hydrogen-bond donors (Lipinski definition) is 1. The summed E-state index contributed by atoms with van der Waals surface area (Å²) in [5.74, 6) is -0.398. The van der Waals surface area contributed by atoms with Gasteiger partial charge in [0, 0.05) is 23.6 Å². The highest BCUT2D eigenvalue weighted by molar-refractivity contribution is 5.89. The third-order valence-corrected chi connectivity index (χ3v) is 3.70. The fraction of sp³-hybridized carbons (Fsp3) is 0.167. The van der Waals surface area contributed by atoms with Gasteiger partial charge in [-0.1, -0.05) is 18.2 Å². The Hall–Kier alpha value is -2.79. The summed E-state index contributed by atoms with van der Waals surface area (Å²) in [6.45, 7) is 3.06. The Morgan fingerprint density at radius 3 is 2.78 bits per heavy atom. The molecule has 5 heteroatoms. The fourth-order valence-electron chi connectivity index (χ4n) is 2.52. The summed E-state index contributed by atoms with van der Waals surface area (Å²) in [4.78, 5) is 21.6. The summed E-state index contributed by atoms with van der Waals surface area (Å²) in [7, 11) is 0. The van der Waals surface area contributed by atoms with Crippen LogP contribution in [0.25, 0.3) is 10.9 Å². The SMILES string of the molecule is CCn1ccc2cc(OOCc3ccccc3C(=O)O)ccc21. The molecule has 0 saturated carbocycles. The molecule has 0 amide bonds. The average molecular weight is 311 g/mol. The van der Waals surface area contributed by atoms with Crippen molar-refractivity contribution in [3.8, 4) is 5.75 Å². The molecule has 2 aromatic carbocycles. The quantitative estimate of drug-likeness (QED) is 0.554. The first-order valence-corrected chi connectivity index (χ1v) is 7.38. The lowest BCUT2D eigenvalue weighted by Crippen LogP contribution is -2.05. The minimum absolute atomic E-state index is 0.0660. The van der Waals surface area contributed by atoms with Crippen LogP contribution in [0.4, 0.5) is 0 Å². The number of aromatic nitrogens is 1. The first-order chi connectivity index (χ1) is 11.2. The van der Waals surface area contributed by atoms with Gasteiger partial charge in [-0.3, -0.25) is 0 Å². The van der Waals surface area contributed by atoms with E-state index in [0.29, 0.717) is 11.3 Å². The number of rotatable bonds is 6. The van der Waals surface area contributed by atoms with Gasteiger partial charge in [-0.25, -0.2) is 4.79 Å². The van der Waals surface area contributed by atoms with E-state index in [1.54, 1.807) is 24.3 Å². The molecule has 1 aromatic heterocycles. The topological polar surface area (TPSA) is 60.7 Å². The van der Waals surface area contributed by atoms with Crippen LogP contribution in [0.2, 0.25) is 0 Å². The molecular weight excluding hydrogens is 294 g/mol. The zero-order valence-electron chi connectivity index (χ0n) is 12.7. The number of carboxylic acid groups (broad SMARTS) is 1. The van der Waals surface area contributed by atoms with Crippen LogP contribution in [0.1, 0.15) is 22.8 Å². The van der Waals surface area contributed by atoms with Gasteiger partial charge in [0.1, 0.15) is 6.61 Å². The van der Waals surface area contributed by atoms with E-state index in [1.807, 2.05) is 30.5 Å². The second kappa shape index (κ2) is 6.54. The Kier molecular flexibility index (Phi) is 4.30. The first-order valence-electron chi connectivity index (χ1n) is 7.38. The lowest BCUT2D eigenvalue weighted by Gasteiger charge is -2.08. The van der Waals surface area contributed by atoms with Crippen LogP contribution in [-0.4, -0.2) is 15.6 Å². The second-order valence-electron chi connectivity index (χ2n) is 5.13. The largest absolute Gasteiger partial charge is 0.478 e. The van der Waals surface area contributed by atoms with Gasteiger partial charge in [-0.2, -0.15) is 4.89 Å². The molecule has 3 aromatic rings. The number of fused-ring (bicyclic) bond motifs is 1. The van der Waals surface area contributed by atoms with E-state index in [9.17, 15) is 4.79 Å². The van der Waals surface area contributed by atoms with Crippen LogP contribution in [0.15, 0.2) is 54.7 Å². The summed E-state index contributed by atoms with van der Waals surface area (Å²) in [6, 6.07) is 14.4. The zero-order valence-corrected chi connectivity index (χ0v) is 12.7. The highest BCUT2D eigenvalue weighted by atomic mass is 17.2. The van der Waals surface area contributed by atoms with E-state index >= 15 is 0 Å². The predicted molar refractivity (Wildman–Crippen MR) is 86.4 cm³/mol. The van der Waals surface area contributed by atoms with E-state index in [-0.39, 0.29) is 12.2 Å². The van der Waals surface area contributed by atoms with Crippen LogP contribution in [0, 0.1) is 0 Å². The minimum Gasteiger partial charge on any atom is -0.478 e. The van der Waals surface area contributed by atoms with Crippen molar-refractivity contribution in [2.45, 2.75) is 20.1 Å². The smallest absolute Gasteiger partial charge is 0.336 e. The van der Waals surface area contributed by atoms with Gasteiger partial charge in [-0.05, 0) is 42.8 Å². The van der Waals surface area contributed by atoms with Gasteiger partial charge in [-0.15, -0.1) is 0 Å². The molecule has 1 N–H and O–H groups in total. The van der Waals surface area contributed by atoms with Gasteiger partial charge < -0.3 is 14.6 Å². The summed E-state index contributed by atoms with van der Waals surface area (Å²) in [5.41, 5.74) is 1.92. The number of aryl methyl sites for hydroxylation is 1. The fourth-order valence-corrected chi connectivity index (χ4v) is 2.52. The van der Waals surface area contributed by atoms with Gasteiger partial charge >= 0.3 is 5.97 Å². The minimum atomic E-state index is -0.980. The molecule has 0 atom stereocenters. The molecule has 0 spiro atoms. The Balaban J connectivity index is 1.68. The Morgan fingerprint density at radius 1 is 1.17 bits per heavy atom. The van der Waals surface area contributed by atoms with E-state index in [0.717, 1.165) is 17.4 Å². The maximum absolute atomic E-state index is 11.1. The summed E-state index contributed by atoms with van der Waals surface area (Å²) in [6.07, 6.45) is 2.03. The molecular formula is C18H17NO4. The van der Waals surface area contributed by atoms with Crippen LogP contribution in [-0.2, 0) is 18.0 Å². The van der Waals surface area contributed by atoms with Gasteiger partial charge in [0.15, 0.2) is 5.75 Å². The number of carbonyl (C=O) groups is 1. The maximum Gasteiger partial charge on any atom is 0.336 e. The van der Waals surface area contributed by atoms with Crippen molar-refractivity contribution in [1.82, 2.24) is 4.57 Å². The van der Waals surface area contributed by atoms with Crippen molar-refractivity contribution in [1.29, 1.82) is 0 Å². The van der Waals surface area contributed by atoms with Gasteiger partial charge in [0.25, 0.3) is 0 Å². The number of carboxylic acids is 1. The molecule has 0 saturated heterocycles. The normalized spacial score (nSPS) is 10.8. The Labute approximate surface area is 133 Å². The summed E-state index contributed by atoms with van der Waals surface area (Å²) in [5, 5.41) is 10.2. The van der Waals surface area contributed by atoms with Crippen LogP contribution in [0.3, 0.4) is 0 Å². The lowest BCUT2D eigenvalue weighted by molar-refractivity contribution is -0.217. The zero-order chi connectivity index (χ0) is 16.2. The first kappa shape index (κ1) is 15.1. The van der Waals surface area contributed by atoms with Crippen molar-refractivity contribution in [3.63, 3.8) is 0 Å². The second-order valence-corrected chi connectivity index (χ2v) is 5.13. The van der Waals surface area contributed by atoms with Crippen molar-refractivity contribution in [2.75, 3.05) is 0 Å². The van der Waals surface area contributed by atoms with E-state index < -0.39 is 5.97 Å². The third-order valence-electron chi connectivity index (χ3n) is 3.70. The molecule has 1 heterocycles. The molecule has 0 unspecified atom stereocenters. The van der Waals surface area contributed by atoms with Crippen molar-refractivity contribution in [3.05, 3.63) is 65.9 Å². The monoisotopic (exact) mass is 311 g/mol. The van der Waals surface area contributed by atoms with E-state index in [1.165, 1.54) is 0 Å². The summed E-state index contributed by atoms with van der Waals surface area (Å²) >= 11 is 0. The average Bonchev–Trinajstić information content (AvgIpc) is 2.97. The third kappa shape index (κ3) is 3.19. The molecule has 3 rings (SSSR count). The standard InChI is InChI=1S/C18H17NO4/c1-2-19-10-9-13-11-15(7-8-17(13)19)23-22-12-14-5-3-4-6-16(14)18(20)21/h3-11H,2,12H2,1H3,(H,20,21). The van der Waals surface area contributed by atoms with Crippen LogP contribution in [0.5, 0.6) is 5.75 Å². The molecule has 0 fully saturated rings. The number of aromatic carboxylic acids is 1. The predicted octanol–water partition coefficient (Wildman–Crippen LogP) is 3.87. The number of nitrogens with zero attached hydrogens (tertiary/aromatic N) is 1. The molecule has 0 aliphatic heterocycles. The maximum atomic E-state index is 11.1. The number of hydrogen-bond acceptors (Lipinski definition) is 3. The van der Waals surface area contributed by atoms with Gasteiger partial charge in [0.2, 0.25) is 0 Å². The van der Waals surface area contributed by atoms with Crippen molar-refractivity contribution < 1.29 is 19.7 Å². The van der Waals surface area contributed by atoms with Crippen molar-refractivity contribution >= 4 is 16.9 Å². The van der Waals surface area contributed by atoms with Gasteiger partial charge in [0.05, 0.1) is 5.56 Å². The van der Waals surface area contributed by atoms with Crippen LogP contribution < -0.4 is 4.89 Å². The molecule has 0 aliphatic carbocycles. The molecule has 118 valence electrons. The van der Waals surface area contributed by atoms with E-state index in [4.69, 9.17) is 14.9 Å². The summed E-state index contributed by atoms with van der Waals surface area (Å²) < 4.78 is 2.14. The molecule has 0 aliphatic rings. The van der Waals surface area contributed by atoms with Crippen molar-refractivity contribution in [2.24, 2.45) is 0 Å². The van der Waals surface area contributed by atoms with E-state index in [2.05, 4.69) is 11.5 Å². The molecule has 0 bridgehead atoms. The molecule has 5 nitrogen and oxygen atoms in total. The lowest BCUT2D eigenvalue weighted by atomic mass is 10.1.